The number of aromatic hydroxyl groups is 1. The first-order valence-corrected chi connectivity index (χ1v) is 15.8. The Morgan fingerprint density at radius 3 is 1.70 bits per heavy atom. The van der Waals surface area contributed by atoms with Crippen LogP contribution in [0.1, 0.15) is 160 Å². The van der Waals surface area contributed by atoms with Crippen LogP contribution in [0, 0.1) is 5.92 Å². The second-order valence-corrected chi connectivity index (χ2v) is 11.5. The van der Waals surface area contributed by atoms with Crippen molar-refractivity contribution >= 4 is 11.6 Å². The number of carbonyl (C=O) groups excluding carboxylic acids is 2. The number of hydrogen-bond donors (Lipinski definition) is 1. The largest absolute Gasteiger partial charge is 0.507 e. The summed E-state index contributed by atoms with van der Waals surface area (Å²) in [4.78, 5) is 23.2. The van der Waals surface area contributed by atoms with Gasteiger partial charge in [-0.2, -0.15) is 0 Å². The number of Topliss-reactive ketones (excluding diaryl/α,β-unsaturated/α-hetero) is 2. The molecule has 0 radical (unpaired) electrons. The predicted molar refractivity (Wildman–Crippen MR) is 159 cm³/mol. The first-order valence-electron chi connectivity index (χ1n) is 15.8. The zero-order valence-electron chi connectivity index (χ0n) is 24.8. The fourth-order valence-corrected chi connectivity index (χ4v) is 5.57. The fraction of sp³-hybridized carbons (Fsp3) is 0.765. The molecule has 1 rings (SSSR count). The smallest absolute Gasteiger partial charge is 0.140 e. The van der Waals surface area contributed by atoms with Crippen molar-refractivity contribution in [3.05, 3.63) is 28.8 Å². The lowest BCUT2D eigenvalue weighted by Gasteiger charge is -2.19. The molecule has 0 heterocycles. The summed E-state index contributed by atoms with van der Waals surface area (Å²) in [6.45, 7) is 8.24. The quantitative estimate of drug-likeness (QED) is 0.110. The molecule has 0 saturated heterocycles. The Kier molecular flexibility index (Phi) is 19.2. The summed E-state index contributed by atoms with van der Waals surface area (Å²) in [5.41, 5.74) is 3.63. The van der Waals surface area contributed by atoms with Gasteiger partial charge in [-0.1, -0.05) is 110 Å². The molecule has 1 aromatic carbocycles. The van der Waals surface area contributed by atoms with Crippen LogP contribution in [0.4, 0.5) is 0 Å². The Morgan fingerprint density at radius 2 is 1.22 bits per heavy atom. The molecule has 0 aliphatic rings. The van der Waals surface area contributed by atoms with Crippen LogP contribution >= 0.6 is 0 Å². The molecule has 0 fully saturated rings. The van der Waals surface area contributed by atoms with Gasteiger partial charge in [-0.05, 0) is 74.5 Å². The summed E-state index contributed by atoms with van der Waals surface area (Å²) in [5.74, 6) is 1.14. The summed E-state index contributed by atoms with van der Waals surface area (Å²) >= 11 is 0. The van der Waals surface area contributed by atoms with Crippen molar-refractivity contribution in [1.82, 2.24) is 0 Å². The molecule has 0 amide bonds. The first-order chi connectivity index (χ1) is 17.9. The maximum atomic E-state index is 12.0. The molecule has 1 atom stereocenters. The number of benzene rings is 1. The minimum Gasteiger partial charge on any atom is -0.507 e. The number of aryl methyl sites for hydroxylation is 2. The van der Waals surface area contributed by atoms with E-state index in [2.05, 4.69) is 32.9 Å². The van der Waals surface area contributed by atoms with Gasteiger partial charge in [-0.15, -0.1) is 0 Å². The second kappa shape index (κ2) is 21.3. The van der Waals surface area contributed by atoms with Crippen LogP contribution in [0.5, 0.6) is 5.75 Å². The Balaban J connectivity index is 2.84. The number of hydrogen-bond acceptors (Lipinski definition) is 3. The molecular formula is C34H58O3. The highest BCUT2D eigenvalue weighted by Gasteiger charge is 2.15. The van der Waals surface area contributed by atoms with E-state index >= 15 is 0 Å². The standard InChI is InChI=1S/C34H58O3/c1-5-8-10-12-14-16-21-31-26-30(27-32(34(31)37)22-17-15-13-11-9-6-2)25-29(19-7-3)20-18-23-33(36)24-28(4)35/h26-27,29,37H,5-25H2,1-4H3. The van der Waals surface area contributed by atoms with Gasteiger partial charge in [0.2, 0.25) is 0 Å². The van der Waals surface area contributed by atoms with Crippen LogP contribution in [0.2, 0.25) is 0 Å². The van der Waals surface area contributed by atoms with Gasteiger partial charge in [0.25, 0.3) is 0 Å². The van der Waals surface area contributed by atoms with Crippen molar-refractivity contribution in [3.63, 3.8) is 0 Å². The summed E-state index contributed by atoms with van der Waals surface area (Å²) in [6.07, 6.45) is 22.9. The van der Waals surface area contributed by atoms with E-state index in [9.17, 15) is 14.7 Å². The van der Waals surface area contributed by atoms with E-state index in [0.29, 0.717) is 18.1 Å². The van der Waals surface area contributed by atoms with Gasteiger partial charge in [-0.25, -0.2) is 0 Å². The average molecular weight is 515 g/mol. The molecule has 1 aromatic rings. The van der Waals surface area contributed by atoms with Crippen molar-refractivity contribution in [1.29, 1.82) is 0 Å². The van der Waals surface area contributed by atoms with Crippen LogP contribution in [0.15, 0.2) is 12.1 Å². The molecule has 1 N–H and O–H groups in total. The monoisotopic (exact) mass is 514 g/mol. The van der Waals surface area contributed by atoms with E-state index in [4.69, 9.17) is 0 Å². The lowest BCUT2D eigenvalue weighted by Crippen LogP contribution is -2.09. The predicted octanol–water partition coefficient (Wildman–Crippen LogP) is 9.88. The Morgan fingerprint density at radius 1 is 0.703 bits per heavy atom. The van der Waals surface area contributed by atoms with Gasteiger partial charge in [0.05, 0.1) is 6.42 Å². The molecule has 0 aliphatic carbocycles. The normalized spacial score (nSPS) is 12.1. The third-order valence-corrected chi connectivity index (χ3v) is 7.66. The maximum Gasteiger partial charge on any atom is 0.140 e. The summed E-state index contributed by atoms with van der Waals surface area (Å²) in [5, 5.41) is 11.1. The van der Waals surface area contributed by atoms with Crippen LogP contribution in [-0.2, 0) is 28.9 Å². The topological polar surface area (TPSA) is 54.4 Å². The first kappa shape index (κ1) is 33.4. The van der Waals surface area contributed by atoms with Crippen molar-refractivity contribution in [2.45, 2.75) is 163 Å². The van der Waals surface area contributed by atoms with Gasteiger partial charge in [-0.3, -0.25) is 9.59 Å². The molecule has 1 unspecified atom stereocenters. The van der Waals surface area contributed by atoms with Crippen LogP contribution in [0.3, 0.4) is 0 Å². The van der Waals surface area contributed by atoms with Crippen molar-refractivity contribution < 1.29 is 14.7 Å². The van der Waals surface area contributed by atoms with Gasteiger partial charge in [0.15, 0.2) is 0 Å². The zero-order valence-corrected chi connectivity index (χ0v) is 24.8. The molecule has 3 nitrogen and oxygen atoms in total. The SMILES string of the molecule is CCCCCCCCc1cc(CC(CCC)CCCC(=O)CC(C)=O)cc(CCCCCCCC)c1O. The highest BCUT2D eigenvalue weighted by atomic mass is 16.3. The van der Waals surface area contributed by atoms with Crippen molar-refractivity contribution in [3.8, 4) is 5.75 Å². The van der Waals surface area contributed by atoms with E-state index in [-0.39, 0.29) is 18.0 Å². The van der Waals surface area contributed by atoms with Crippen molar-refractivity contribution in [2.24, 2.45) is 5.92 Å². The Bertz CT molecular complexity index is 714. The minimum atomic E-state index is -0.0324. The molecule has 212 valence electrons. The Labute approximate surface area is 229 Å². The number of unbranched alkanes of at least 4 members (excludes halogenated alkanes) is 10. The van der Waals surface area contributed by atoms with Gasteiger partial charge in [0.1, 0.15) is 17.3 Å². The van der Waals surface area contributed by atoms with E-state index in [1.165, 1.54) is 76.7 Å². The lowest BCUT2D eigenvalue weighted by atomic mass is 9.87. The van der Waals surface area contributed by atoms with Crippen LogP contribution < -0.4 is 0 Å². The van der Waals surface area contributed by atoms with E-state index in [1.54, 1.807) is 0 Å². The highest BCUT2D eigenvalue weighted by Crippen LogP contribution is 2.31. The molecule has 0 saturated carbocycles. The van der Waals surface area contributed by atoms with Crippen molar-refractivity contribution in [2.75, 3.05) is 0 Å². The molecule has 37 heavy (non-hydrogen) atoms. The van der Waals surface area contributed by atoms with E-state index < -0.39 is 0 Å². The molecule has 0 aliphatic heterocycles. The number of carbonyl (C=O) groups is 2. The summed E-state index contributed by atoms with van der Waals surface area (Å²) in [7, 11) is 0. The number of phenols is 1. The lowest BCUT2D eigenvalue weighted by molar-refractivity contribution is -0.125. The van der Waals surface area contributed by atoms with E-state index in [0.717, 1.165) is 68.9 Å². The van der Waals surface area contributed by atoms with Gasteiger partial charge < -0.3 is 5.11 Å². The number of ketones is 2. The van der Waals surface area contributed by atoms with Gasteiger partial charge >= 0.3 is 0 Å². The highest BCUT2D eigenvalue weighted by molar-refractivity contribution is 5.97. The molecule has 0 aromatic heterocycles. The molecule has 3 heteroatoms. The average Bonchev–Trinajstić information content (AvgIpc) is 2.85. The number of rotatable bonds is 24. The van der Waals surface area contributed by atoms with Crippen LogP contribution in [-0.4, -0.2) is 16.7 Å². The maximum absolute atomic E-state index is 12.0. The third kappa shape index (κ3) is 16.0. The number of phenolic OH excluding ortho intramolecular Hbond substituents is 1. The van der Waals surface area contributed by atoms with Crippen LogP contribution in [0.25, 0.3) is 0 Å². The molecule has 0 bridgehead atoms. The molecule has 0 spiro atoms. The molecular weight excluding hydrogens is 456 g/mol. The summed E-state index contributed by atoms with van der Waals surface area (Å²) < 4.78 is 0. The van der Waals surface area contributed by atoms with Gasteiger partial charge in [0, 0.05) is 6.42 Å². The summed E-state index contributed by atoms with van der Waals surface area (Å²) in [6, 6.07) is 4.55. The zero-order chi connectivity index (χ0) is 27.3. The Hall–Kier alpha value is -1.64. The second-order valence-electron chi connectivity index (χ2n) is 11.5. The fourth-order valence-electron chi connectivity index (χ4n) is 5.57. The third-order valence-electron chi connectivity index (χ3n) is 7.66. The minimum absolute atomic E-state index is 0.0324. The van der Waals surface area contributed by atoms with E-state index in [1.807, 2.05) is 0 Å².